The highest BCUT2D eigenvalue weighted by molar-refractivity contribution is 7.12. The van der Waals surface area contributed by atoms with Gasteiger partial charge in [0.25, 0.3) is 0 Å². The molecule has 5 nitrogen and oxygen atoms in total. The zero-order chi connectivity index (χ0) is 14.8. The summed E-state index contributed by atoms with van der Waals surface area (Å²) in [5.41, 5.74) is 3.58. The van der Waals surface area contributed by atoms with E-state index < -0.39 is 0 Å². The highest BCUT2D eigenvalue weighted by atomic mass is 32.1. The molecule has 1 fully saturated rings. The van der Waals surface area contributed by atoms with E-state index in [9.17, 15) is 0 Å². The van der Waals surface area contributed by atoms with Gasteiger partial charge in [-0.15, -0.1) is 11.3 Å². The Labute approximate surface area is 129 Å². The number of aromatic nitrogens is 2. The third-order valence-corrected chi connectivity index (χ3v) is 4.79. The van der Waals surface area contributed by atoms with Crippen molar-refractivity contribution >= 4 is 17.6 Å². The molecule has 3 rings (SSSR count). The fraction of sp³-hybridized carbons (Fsp3) is 0.467. The smallest absolute Gasteiger partial charge is 0.193 e. The summed E-state index contributed by atoms with van der Waals surface area (Å²) in [6.07, 6.45) is 3.84. The number of nitrogens with one attached hydrogen (secondary N) is 1. The van der Waals surface area contributed by atoms with E-state index in [2.05, 4.69) is 46.6 Å². The van der Waals surface area contributed by atoms with Crippen LogP contribution in [0.1, 0.15) is 17.0 Å². The number of quaternary nitrogens is 1. The SMILES string of the molecule is Cc1cc(/C=N\N2CC[NH+](C)CC2)c(C)n1-c1nccs1. The van der Waals surface area contributed by atoms with Gasteiger partial charge in [-0.1, -0.05) is 0 Å². The van der Waals surface area contributed by atoms with Gasteiger partial charge in [0.15, 0.2) is 5.13 Å². The van der Waals surface area contributed by atoms with E-state index in [0.29, 0.717) is 0 Å². The Bertz CT molecular complexity index is 621. The maximum atomic E-state index is 4.65. The highest BCUT2D eigenvalue weighted by Crippen LogP contribution is 2.21. The van der Waals surface area contributed by atoms with Gasteiger partial charge in [0.1, 0.15) is 0 Å². The second kappa shape index (κ2) is 5.99. The first kappa shape index (κ1) is 14.3. The van der Waals surface area contributed by atoms with Crippen LogP contribution in [0.15, 0.2) is 22.7 Å². The van der Waals surface area contributed by atoms with Crippen molar-refractivity contribution in [3.8, 4) is 5.13 Å². The minimum atomic E-state index is 1.02. The fourth-order valence-corrected chi connectivity index (χ4v) is 3.43. The van der Waals surface area contributed by atoms with Crippen molar-refractivity contribution in [1.29, 1.82) is 0 Å². The Morgan fingerprint density at radius 1 is 1.33 bits per heavy atom. The lowest BCUT2D eigenvalue weighted by Crippen LogP contribution is -3.11. The van der Waals surface area contributed by atoms with Crippen molar-refractivity contribution in [2.45, 2.75) is 13.8 Å². The Morgan fingerprint density at radius 2 is 2.10 bits per heavy atom. The zero-order valence-electron chi connectivity index (χ0n) is 12.8. The summed E-state index contributed by atoms with van der Waals surface area (Å²) in [5, 5.41) is 9.85. The zero-order valence-corrected chi connectivity index (χ0v) is 13.7. The highest BCUT2D eigenvalue weighted by Gasteiger charge is 2.15. The molecule has 1 aliphatic rings. The van der Waals surface area contributed by atoms with Crippen LogP contribution in [0.25, 0.3) is 5.13 Å². The molecule has 21 heavy (non-hydrogen) atoms. The van der Waals surface area contributed by atoms with E-state index in [1.165, 1.54) is 17.0 Å². The second-order valence-corrected chi connectivity index (χ2v) is 6.50. The van der Waals surface area contributed by atoms with Crippen LogP contribution in [-0.4, -0.2) is 54.0 Å². The average Bonchev–Trinajstić information content (AvgIpc) is 3.07. The molecule has 2 aromatic heterocycles. The summed E-state index contributed by atoms with van der Waals surface area (Å²) < 4.78 is 2.19. The molecule has 112 valence electrons. The molecule has 0 unspecified atom stereocenters. The lowest BCUT2D eigenvalue weighted by molar-refractivity contribution is -0.884. The van der Waals surface area contributed by atoms with Crippen molar-refractivity contribution in [2.75, 3.05) is 33.2 Å². The van der Waals surface area contributed by atoms with Crippen molar-refractivity contribution in [1.82, 2.24) is 14.6 Å². The normalized spacial score (nSPS) is 17.0. The molecular formula is C15H22N5S+. The molecule has 3 heterocycles. The maximum absolute atomic E-state index is 4.65. The molecule has 0 aromatic carbocycles. The summed E-state index contributed by atoms with van der Waals surface area (Å²) in [7, 11) is 2.24. The Morgan fingerprint density at radius 3 is 2.76 bits per heavy atom. The van der Waals surface area contributed by atoms with E-state index in [1.807, 2.05) is 17.8 Å². The number of hydrogen-bond acceptors (Lipinski definition) is 4. The molecule has 1 N–H and O–H groups in total. The number of hydrazone groups is 1. The summed E-state index contributed by atoms with van der Waals surface area (Å²) >= 11 is 1.66. The molecular weight excluding hydrogens is 282 g/mol. The first-order valence-corrected chi connectivity index (χ1v) is 8.22. The van der Waals surface area contributed by atoms with Crippen LogP contribution in [0.2, 0.25) is 0 Å². The number of aryl methyl sites for hydroxylation is 1. The number of thiazole rings is 1. The van der Waals surface area contributed by atoms with Gasteiger partial charge in [-0.3, -0.25) is 9.58 Å². The van der Waals surface area contributed by atoms with E-state index in [0.717, 1.165) is 31.3 Å². The molecule has 6 heteroatoms. The molecule has 0 aliphatic carbocycles. The number of hydrogen-bond donors (Lipinski definition) is 1. The molecule has 0 spiro atoms. The van der Waals surface area contributed by atoms with E-state index >= 15 is 0 Å². The van der Waals surface area contributed by atoms with Crippen LogP contribution in [0.3, 0.4) is 0 Å². The molecule has 2 aromatic rings. The molecule has 1 saturated heterocycles. The van der Waals surface area contributed by atoms with Gasteiger partial charge in [0.05, 0.1) is 39.4 Å². The lowest BCUT2D eigenvalue weighted by atomic mass is 10.3. The van der Waals surface area contributed by atoms with Crippen molar-refractivity contribution in [3.63, 3.8) is 0 Å². The minimum absolute atomic E-state index is 1.02. The minimum Gasteiger partial charge on any atom is -0.334 e. The summed E-state index contributed by atoms with van der Waals surface area (Å²) in [5.74, 6) is 0. The van der Waals surface area contributed by atoms with Gasteiger partial charge in [-0.2, -0.15) is 5.10 Å². The fourth-order valence-electron chi connectivity index (χ4n) is 2.67. The molecule has 1 aliphatic heterocycles. The van der Waals surface area contributed by atoms with Gasteiger partial charge >= 0.3 is 0 Å². The monoisotopic (exact) mass is 304 g/mol. The summed E-state index contributed by atoms with van der Waals surface area (Å²) in [6, 6.07) is 2.18. The Balaban J connectivity index is 1.79. The number of piperazine rings is 1. The summed E-state index contributed by atoms with van der Waals surface area (Å²) in [4.78, 5) is 5.99. The van der Waals surface area contributed by atoms with Crippen LogP contribution in [0.5, 0.6) is 0 Å². The van der Waals surface area contributed by atoms with Crippen molar-refractivity contribution in [3.05, 3.63) is 34.6 Å². The lowest BCUT2D eigenvalue weighted by Gasteiger charge is -2.27. The van der Waals surface area contributed by atoms with Crippen LogP contribution in [0.4, 0.5) is 0 Å². The average molecular weight is 304 g/mol. The number of nitrogens with zero attached hydrogens (tertiary/aromatic N) is 4. The van der Waals surface area contributed by atoms with Crippen LogP contribution in [0, 0.1) is 13.8 Å². The molecule has 0 saturated carbocycles. The van der Waals surface area contributed by atoms with E-state index in [-0.39, 0.29) is 0 Å². The third-order valence-electron chi connectivity index (χ3n) is 4.03. The first-order valence-electron chi connectivity index (χ1n) is 7.34. The predicted molar refractivity (Wildman–Crippen MR) is 86.7 cm³/mol. The standard InChI is InChI=1S/C15H21N5S/c1-12-10-14(11-17-19-7-5-18(3)6-8-19)13(2)20(12)15-16-4-9-21-15/h4,9-11H,5-8H2,1-3H3/p+1/b17-11-. The Hall–Kier alpha value is -1.66. The quantitative estimate of drug-likeness (QED) is 0.848. The summed E-state index contributed by atoms with van der Waals surface area (Å²) in [6.45, 7) is 8.64. The first-order chi connectivity index (χ1) is 10.1. The number of likely N-dealkylation sites (N-methyl/N-ethyl adjacent to an activating group) is 1. The second-order valence-electron chi connectivity index (χ2n) is 5.63. The van der Waals surface area contributed by atoms with Gasteiger partial charge in [0, 0.05) is 28.5 Å². The van der Waals surface area contributed by atoms with Crippen LogP contribution in [-0.2, 0) is 0 Å². The molecule has 0 atom stereocenters. The van der Waals surface area contributed by atoms with E-state index in [1.54, 1.807) is 16.2 Å². The van der Waals surface area contributed by atoms with Crippen molar-refractivity contribution < 1.29 is 4.90 Å². The van der Waals surface area contributed by atoms with E-state index in [4.69, 9.17) is 0 Å². The molecule has 0 radical (unpaired) electrons. The van der Waals surface area contributed by atoms with Crippen LogP contribution >= 0.6 is 11.3 Å². The largest absolute Gasteiger partial charge is 0.334 e. The topological polar surface area (TPSA) is 37.9 Å². The Kier molecular flexibility index (Phi) is 4.07. The van der Waals surface area contributed by atoms with Crippen LogP contribution < -0.4 is 4.90 Å². The van der Waals surface area contributed by atoms with Crippen molar-refractivity contribution in [2.24, 2.45) is 5.10 Å². The number of rotatable bonds is 3. The maximum Gasteiger partial charge on any atom is 0.193 e. The molecule has 0 amide bonds. The predicted octanol–water partition coefficient (Wildman–Crippen LogP) is 0.715. The van der Waals surface area contributed by atoms with Gasteiger partial charge in [-0.25, -0.2) is 4.98 Å². The third kappa shape index (κ3) is 3.01. The van der Waals surface area contributed by atoms with Gasteiger partial charge in [0.2, 0.25) is 0 Å². The van der Waals surface area contributed by atoms with Gasteiger partial charge in [-0.05, 0) is 19.9 Å². The van der Waals surface area contributed by atoms with Gasteiger partial charge < -0.3 is 4.90 Å². The molecule has 0 bridgehead atoms.